The topological polar surface area (TPSA) is 41.1 Å². The van der Waals surface area contributed by atoms with Crippen LogP contribution in [-0.4, -0.2) is 25.2 Å². The molecule has 3 nitrogen and oxygen atoms in total. The van der Waals surface area contributed by atoms with Gasteiger partial charge in [0.25, 0.3) is 0 Å². The van der Waals surface area contributed by atoms with Gasteiger partial charge in [0.1, 0.15) is 12.4 Å². The van der Waals surface area contributed by atoms with Crippen LogP contribution in [0, 0.1) is 5.82 Å². The lowest BCUT2D eigenvalue weighted by Crippen LogP contribution is -2.37. The van der Waals surface area contributed by atoms with E-state index >= 15 is 0 Å². The molecule has 18 heavy (non-hydrogen) atoms. The maximum Gasteiger partial charge on any atom is 0.405 e. The largest absolute Gasteiger partial charge is 0.405 e. The summed E-state index contributed by atoms with van der Waals surface area (Å²) in [6.07, 6.45) is -4.45. The predicted octanol–water partition coefficient (Wildman–Crippen LogP) is 2.57. The third kappa shape index (κ3) is 5.22. The van der Waals surface area contributed by atoms with Crippen LogP contribution >= 0.6 is 11.6 Å². The van der Waals surface area contributed by atoms with Gasteiger partial charge in [0, 0.05) is 5.69 Å². The van der Waals surface area contributed by atoms with E-state index in [1.165, 1.54) is 12.1 Å². The van der Waals surface area contributed by atoms with Gasteiger partial charge in [-0.3, -0.25) is 4.79 Å². The van der Waals surface area contributed by atoms with Gasteiger partial charge in [-0.25, -0.2) is 4.39 Å². The summed E-state index contributed by atoms with van der Waals surface area (Å²) in [7, 11) is 0. The first kappa shape index (κ1) is 14.6. The van der Waals surface area contributed by atoms with Gasteiger partial charge >= 0.3 is 6.18 Å². The first-order valence-corrected chi connectivity index (χ1v) is 5.18. The number of alkyl halides is 3. The number of hydrogen-bond donors (Lipinski definition) is 2. The Bertz CT molecular complexity index is 436. The Hall–Kier alpha value is -1.50. The van der Waals surface area contributed by atoms with Crippen molar-refractivity contribution in [2.45, 2.75) is 6.18 Å². The van der Waals surface area contributed by atoms with E-state index in [9.17, 15) is 22.4 Å². The summed E-state index contributed by atoms with van der Waals surface area (Å²) in [6, 6.07) is 3.63. The smallest absolute Gasteiger partial charge is 0.376 e. The lowest BCUT2D eigenvalue weighted by atomic mass is 10.3. The summed E-state index contributed by atoms with van der Waals surface area (Å²) in [6.45, 7) is -1.75. The maximum absolute atomic E-state index is 12.8. The summed E-state index contributed by atoms with van der Waals surface area (Å²) < 4.78 is 48.1. The van der Waals surface area contributed by atoms with Crippen LogP contribution in [0.1, 0.15) is 0 Å². The Balaban J connectivity index is 2.40. The Morgan fingerprint density at radius 1 is 1.33 bits per heavy atom. The highest BCUT2D eigenvalue weighted by Crippen LogP contribution is 2.19. The number of halogens is 5. The third-order valence-corrected chi connectivity index (χ3v) is 2.15. The van der Waals surface area contributed by atoms with Crippen LogP contribution < -0.4 is 10.6 Å². The highest BCUT2D eigenvalue weighted by atomic mass is 35.5. The molecule has 1 amide bonds. The van der Waals surface area contributed by atoms with Crippen molar-refractivity contribution in [1.82, 2.24) is 5.32 Å². The minimum Gasteiger partial charge on any atom is -0.376 e. The molecule has 0 bridgehead atoms. The minimum absolute atomic E-state index is 0.143. The Morgan fingerprint density at radius 3 is 2.56 bits per heavy atom. The number of benzene rings is 1. The Kier molecular flexibility index (Phi) is 4.77. The molecule has 0 aromatic heterocycles. The van der Waals surface area contributed by atoms with Gasteiger partial charge in [-0.05, 0) is 18.2 Å². The number of anilines is 1. The second-order valence-electron chi connectivity index (χ2n) is 3.37. The highest BCUT2D eigenvalue weighted by molar-refractivity contribution is 6.31. The number of amides is 1. The van der Waals surface area contributed by atoms with E-state index in [1.54, 1.807) is 5.32 Å². The lowest BCUT2D eigenvalue weighted by molar-refractivity contribution is -0.137. The number of nitrogens with one attached hydrogen (secondary N) is 2. The molecule has 0 unspecified atom stereocenters. The van der Waals surface area contributed by atoms with E-state index < -0.39 is 24.4 Å². The van der Waals surface area contributed by atoms with Crippen LogP contribution in [0.25, 0.3) is 0 Å². The number of carbonyl (C=O) groups is 1. The normalized spacial score (nSPS) is 11.2. The molecule has 1 aromatic carbocycles. The van der Waals surface area contributed by atoms with Crippen molar-refractivity contribution in [3.63, 3.8) is 0 Å². The average Bonchev–Trinajstić information content (AvgIpc) is 2.27. The van der Waals surface area contributed by atoms with Gasteiger partial charge < -0.3 is 10.6 Å². The van der Waals surface area contributed by atoms with Crippen LogP contribution in [0.15, 0.2) is 18.2 Å². The summed E-state index contributed by atoms with van der Waals surface area (Å²) in [4.78, 5) is 11.0. The van der Waals surface area contributed by atoms with E-state index in [1.807, 2.05) is 0 Å². The number of rotatable bonds is 4. The first-order valence-electron chi connectivity index (χ1n) is 4.80. The van der Waals surface area contributed by atoms with Crippen molar-refractivity contribution in [2.24, 2.45) is 0 Å². The molecular formula is C10H9ClF4N2O. The molecule has 0 heterocycles. The second-order valence-corrected chi connectivity index (χ2v) is 3.78. The Morgan fingerprint density at radius 2 is 2.00 bits per heavy atom. The third-order valence-electron chi connectivity index (χ3n) is 1.86. The molecule has 0 aliphatic rings. The average molecular weight is 285 g/mol. The van der Waals surface area contributed by atoms with Gasteiger partial charge in [-0.15, -0.1) is 0 Å². The van der Waals surface area contributed by atoms with Crippen LogP contribution in [-0.2, 0) is 4.79 Å². The zero-order chi connectivity index (χ0) is 13.8. The monoisotopic (exact) mass is 284 g/mol. The molecule has 0 saturated carbocycles. The second kappa shape index (κ2) is 5.90. The molecule has 8 heteroatoms. The van der Waals surface area contributed by atoms with Crippen LogP contribution in [0.2, 0.25) is 5.02 Å². The molecule has 0 atom stereocenters. The highest BCUT2D eigenvalue weighted by Gasteiger charge is 2.27. The molecule has 1 aromatic rings. The molecule has 0 fully saturated rings. The standard InChI is InChI=1S/C10H9ClF4N2O/c11-7-3-6(1-2-8(7)12)16-4-9(18)17-5-10(13,14)15/h1-3,16H,4-5H2,(H,17,18). The van der Waals surface area contributed by atoms with Crippen LogP contribution in [0.4, 0.5) is 23.2 Å². The van der Waals surface area contributed by atoms with Crippen LogP contribution in [0.5, 0.6) is 0 Å². The SMILES string of the molecule is O=C(CNc1ccc(F)c(Cl)c1)NCC(F)(F)F. The number of hydrogen-bond acceptors (Lipinski definition) is 2. The zero-order valence-corrected chi connectivity index (χ0v) is 9.70. The maximum atomic E-state index is 12.8. The molecule has 100 valence electrons. The van der Waals surface area contributed by atoms with Crippen molar-refractivity contribution in [3.05, 3.63) is 29.0 Å². The fraction of sp³-hybridized carbons (Fsp3) is 0.300. The van der Waals surface area contributed by atoms with Crippen molar-refractivity contribution in [2.75, 3.05) is 18.4 Å². The van der Waals surface area contributed by atoms with Crippen molar-refractivity contribution >= 4 is 23.2 Å². The van der Waals surface area contributed by atoms with Gasteiger partial charge in [0.2, 0.25) is 5.91 Å². The van der Waals surface area contributed by atoms with E-state index in [-0.39, 0.29) is 11.6 Å². The van der Waals surface area contributed by atoms with Gasteiger partial charge in [-0.2, -0.15) is 13.2 Å². The molecule has 0 aliphatic heterocycles. The van der Waals surface area contributed by atoms with Crippen LogP contribution in [0.3, 0.4) is 0 Å². The van der Waals surface area contributed by atoms with Crippen molar-refractivity contribution in [3.8, 4) is 0 Å². The molecule has 2 N–H and O–H groups in total. The van der Waals surface area contributed by atoms with Crippen molar-refractivity contribution in [1.29, 1.82) is 0 Å². The molecule has 0 spiro atoms. The fourth-order valence-corrected chi connectivity index (χ4v) is 1.23. The van der Waals surface area contributed by atoms with E-state index in [4.69, 9.17) is 11.6 Å². The molecule has 0 radical (unpaired) electrons. The summed E-state index contributed by atoms with van der Waals surface area (Å²) >= 11 is 5.49. The molecular weight excluding hydrogens is 276 g/mol. The molecule has 0 aliphatic carbocycles. The van der Waals surface area contributed by atoms with Crippen molar-refractivity contribution < 1.29 is 22.4 Å². The first-order chi connectivity index (χ1) is 8.28. The summed E-state index contributed by atoms with van der Waals surface area (Å²) in [5.74, 6) is -1.45. The zero-order valence-electron chi connectivity index (χ0n) is 8.94. The number of carbonyl (C=O) groups excluding carboxylic acids is 1. The lowest BCUT2D eigenvalue weighted by Gasteiger charge is -2.10. The van der Waals surface area contributed by atoms with E-state index in [0.29, 0.717) is 5.69 Å². The van der Waals surface area contributed by atoms with E-state index in [0.717, 1.165) is 6.07 Å². The van der Waals surface area contributed by atoms with E-state index in [2.05, 4.69) is 5.32 Å². The van der Waals surface area contributed by atoms with Gasteiger partial charge in [-0.1, -0.05) is 11.6 Å². The summed E-state index contributed by atoms with van der Waals surface area (Å²) in [5, 5.41) is 4.06. The quantitative estimate of drug-likeness (QED) is 0.835. The molecule has 1 rings (SSSR count). The Labute approximate surface area is 105 Å². The predicted molar refractivity (Wildman–Crippen MR) is 59.0 cm³/mol. The van der Waals surface area contributed by atoms with Gasteiger partial charge in [0.05, 0.1) is 11.6 Å². The molecule has 0 saturated heterocycles. The minimum atomic E-state index is -4.45. The van der Waals surface area contributed by atoms with Gasteiger partial charge in [0.15, 0.2) is 0 Å². The fourth-order valence-electron chi connectivity index (χ4n) is 1.05. The summed E-state index contributed by atoms with van der Waals surface area (Å²) in [5.41, 5.74) is 0.337.